The third-order valence-corrected chi connectivity index (χ3v) is 5.86. The van der Waals surface area contributed by atoms with Gasteiger partial charge in [-0.15, -0.1) is 11.3 Å². The van der Waals surface area contributed by atoms with Gasteiger partial charge in [0, 0.05) is 29.1 Å². The quantitative estimate of drug-likeness (QED) is 0.629. The zero-order valence-corrected chi connectivity index (χ0v) is 17.2. The predicted octanol–water partition coefficient (Wildman–Crippen LogP) is 5.20. The summed E-state index contributed by atoms with van der Waals surface area (Å²) in [6.45, 7) is 0.697. The van der Waals surface area contributed by atoms with Gasteiger partial charge in [0.15, 0.2) is 5.13 Å². The molecule has 4 rings (SSSR count). The normalized spacial score (nSPS) is 15.9. The fourth-order valence-electron chi connectivity index (χ4n) is 3.66. The van der Waals surface area contributed by atoms with Crippen LogP contribution in [-0.4, -0.2) is 36.7 Å². The molecular formula is C22H23N3O3S. The van der Waals surface area contributed by atoms with E-state index in [1.54, 1.807) is 14.2 Å². The number of amides is 2. The van der Waals surface area contributed by atoms with E-state index in [2.05, 4.69) is 10.3 Å². The van der Waals surface area contributed by atoms with E-state index in [1.807, 2.05) is 58.8 Å². The Morgan fingerprint density at radius 1 is 1.17 bits per heavy atom. The van der Waals surface area contributed by atoms with E-state index < -0.39 is 0 Å². The van der Waals surface area contributed by atoms with Gasteiger partial charge in [-0.05, 0) is 25.0 Å². The average molecular weight is 410 g/mol. The van der Waals surface area contributed by atoms with Crippen LogP contribution in [0.1, 0.15) is 24.4 Å². The zero-order valence-electron chi connectivity index (χ0n) is 16.4. The number of urea groups is 1. The molecule has 1 saturated heterocycles. The van der Waals surface area contributed by atoms with Gasteiger partial charge in [-0.2, -0.15) is 0 Å². The monoisotopic (exact) mass is 409 g/mol. The molecule has 3 aromatic rings. The number of likely N-dealkylation sites (tertiary alicyclic amines) is 1. The van der Waals surface area contributed by atoms with E-state index in [1.165, 1.54) is 11.3 Å². The van der Waals surface area contributed by atoms with Crippen LogP contribution in [0.25, 0.3) is 11.3 Å². The molecule has 6 nitrogen and oxygen atoms in total. The largest absolute Gasteiger partial charge is 0.497 e. The third-order valence-electron chi connectivity index (χ3n) is 5.10. The minimum absolute atomic E-state index is 0.0376. The van der Waals surface area contributed by atoms with Crippen molar-refractivity contribution in [2.45, 2.75) is 18.9 Å². The van der Waals surface area contributed by atoms with Crippen molar-refractivity contribution in [3.05, 3.63) is 59.5 Å². The Kier molecular flexibility index (Phi) is 5.67. The number of rotatable bonds is 5. The molecule has 0 bridgehead atoms. The smallest absolute Gasteiger partial charge is 0.324 e. The summed E-state index contributed by atoms with van der Waals surface area (Å²) in [5, 5.41) is 5.52. The Labute approximate surface area is 174 Å². The molecule has 1 aliphatic rings. The second-order valence-electron chi connectivity index (χ2n) is 6.79. The highest BCUT2D eigenvalue weighted by molar-refractivity contribution is 7.14. The van der Waals surface area contributed by atoms with Crippen LogP contribution in [0, 0.1) is 0 Å². The highest BCUT2D eigenvalue weighted by Crippen LogP contribution is 2.39. The summed E-state index contributed by atoms with van der Waals surface area (Å²) in [5.74, 6) is 1.46. The number of anilines is 1. The second kappa shape index (κ2) is 8.53. The standard InChI is InChI=1S/C22H23N3O3S/c1-27-16-10-11-17(20(13-16)28-2)19-9-6-12-25(19)22(26)24-21-23-18(14-29-21)15-7-4-3-5-8-15/h3-5,7-8,10-11,13-14,19H,6,9,12H2,1-2H3,(H,23,24,26). The van der Waals surface area contributed by atoms with E-state index in [0.717, 1.165) is 41.2 Å². The number of carbonyl (C=O) groups is 1. The fraction of sp³-hybridized carbons (Fsp3) is 0.273. The predicted molar refractivity (Wildman–Crippen MR) is 115 cm³/mol. The van der Waals surface area contributed by atoms with Gasteiger partial charge in [0.1, 0.15) is 11.5 Å². The first-order valence-corrected chi connectivity index (χ1v) is 10.4. The van der Waals surface area contributed by atoms with E-state index in [4.69, 9.17) is 9.47 Å². The minimum atomic E-state index is -0.140. The van der Waals surface area contributed by atoms with Crippen LogP contribution in [0.3, 0.4) is 0 Å². The number of hydrogen-bond acceptors (Lipinski definition) is 5. The lowest BCUT2D eigenvalue weighted by Crippen LogP contribution is -2.34. The van der Waals surface area contributed by atoms with E-state index in [0.29, 0.717) is 11.7 Å². The number of ether oxygens (including phenoxy) is 2. The van der Waals surface area contributed by atoms with Gasteiger partial charge < -0.3 is 14.4 Å². The SMILES string of the molecule is COc1ccc(C2CCCN2C(=O)Nc2nc(-c3ccccc3)cs2)c(OC)c1. The van der Waals surface area contributed by atoms with E-state index in [-0.39, 0.29) is 12.1 Å². The van der Waals surface area contributed by atoms with Gasteiger partial charge in [-0.25, -0.2) is 9.78 Å². The van der Waals surface area contributed by atoms with Crippen molar-refractivity contribution in [3.63, 3.8) is 0 Å². The van der Waals surface area contributed by atoms with Gasteiger partial charge >= 0.3 is 6.03 Å². The average Bonchev–Trinajstić information content (AvgIpc) is 3.43. The Balaban J connectivity index is 1.51. The number of hydrogen-bond donors (Lipinski definition) is 1. The van der Waals surface area contributed by atoms with Crippen molar-refractivity contribution >= 4 is 22.5 Å². The lowest BCUT2D eigenvalue weighted by Gasteiger charge is -2.26. The summed E-state index contributed by atoms with van der Waals surface area (Å²) >= 11 is 1.43. The maximum absolute atomic E-state index is 13.0. The molecule has 0 spiro atoms. The number of nitrogens with zero attached hydrogens (tertiary/aromatic N) is 2. The molecule has 0 aliphatic carbocycles. The number of thiazole rings is 1. The van der Waals surface area contributed by atoms with Crippen molar-refractivity contribution in [3.8, 4) is 22.8 Å². The molecule has 1 N–H and O–H groups in total. The molecular weight excluding hydrogens is 386 g/mol. The van der Waals surface area contributed by atoms with Gasteiger partial charge in [-0.3, -0.25) is 5.32 Å². The molecule has 2 amide bonds. The Morgan fingerprint density at radius 2 is 2.00 bits per heavy atom. The first kappa shape index (κ1) is 19.3. The summed E-state index contributed by atoms with van der Waals surface area (Å²) in [6, 6.07) is 15.5. The Morgan fingerprint density at radius 3 is 2.76 bits per heavy atom. The van der Waals surface area contributed by atoms with Crippen LogP contribution in [0.2, 0.25) is 0 Å². The summed E-state index contributed by atoms with van der Waals surface area (Å²) in [7, 11) is 3.26. The van der Waals surface area contributed by atoms with Crippen LogP contribution in [-0.2, 0) is 0 Å². The van der Waals surface area contributed by atoms with Gasteiger partial charge in [0.05, 0.1) is 26.0 Å². The molecule has 0 saturated carbocycles. The number of nitrogens with one attached hydrogen (secondary N) is 1. The highest BCUT2D eigenvalue weighted by Gasteiger charge is 2.32. The highest BCUT2D eigenvalue weighted by atomic mass is 32.1. The zero-order chi connectivity index (χ0) is 20.2. The van der Waals surface area contributed by atoms with Crippen molar-refractivity contribution < 1.29 is 14.3 Å². The molecule has 1 aromatic heterocycles. The summed E-state index contributed by atoms with van der Waals surface area (Å²) in [6.07, 6.45) is 1.84. The van der Waals surface area contributed by atoms with E-state index >= 15 is 0 Å². The molecule has 2 aromatic carbocycles. The molecule has 150 valence electrons. The minimum Gasteiger partial charge on any atom is -0.497 e. The molecule has 29 heavy (non-hydrogen) atoms. The second-order valence-corrected chi connectivity index (χ2v) is 7.65. The Bertz CT molecular complexity index is 990. The third kappa shape index (κ3) is 4.05. The van der Waals surface area contributed by atoms with Gasteiger partial charge in [0.2, 0.25) is 0 Å². The van der Waals surface area contributed by atoms with Gasteiger partial charge in [-0.1, -0.05) is 30.3 Å². The fourth-order valence-corrected chi connectivity index (χ4v) is 4.37. The first-order valence-electron chi connectivity index (χ1n) is 9.50. The van der Waals surface area contributed by atoms with Crippen LogP contribution >= 0.6 is 11.3 Å². The van der Waals surface area contributed by atoms with Crippen LogP contribution in [0.4, 0.5) is 9.93 Å². The molecule has 0 radical (unpaired) electrons. The maximum Gasteiger partial charge on any atom is 0.324 e. The van der Waals surface area contributed by atoms with E-state index in [9.17, 15) is 4.79 Å². The summed E-state index contributed by atoms with van der Waals surface area (Å²) in [5.41, 5.74) is 2.89. The first-order chi connectivity index (χ1) is 14.2. The Hall–Kier alpha value is -3.06. The molecule has 1 aliphatic heterocycles. The van der Waals surface area contributed by atoms with Crippen molar-refractivity contribution in [2.75, 3.05) is 26.1 Å². The lowest BCUT2D eigenvalue weighted by atomic mass is 10.0. The van der Waals surface area contributed by atoms with Gasteiger partial charge in [0.25, 0.3) is 0 Å². The van der Waals surface area contributed by atoms with Crippen molar-refractivity contribution in [2.24, 2.45) is 0 Å². The number of methoxy groups -OCH3 is 2. The van der Waals surface area contributed by atoms with Crippen LogP contribution in [0.5, 0.6) is 11.5 Å². The topological polar surface area (TPSA) is 63.7 Å². The number of aromatic nitrogens is 1. The molecule has 1 fully saturated rings. The molecule has 1 atom stereocenters. The van der Waals surface area contributed by atoms with Crippen LogP contribution in [0.15, 0.2) is 53.9 Å². The molecule has 7 heteroatoms. The number of benzene rings is 2. The molecule has 2 heterocycles. The van der Waals surface area contributed by atoms with Crippen molar-refractivity contribution in [1.82, 2.24) is 9.88 Å². The maximum atomic E-state index is 13.0. The number of carbonyl (C=O) groups excluding carboxylic acids is 1. The summed E-state index contributed by atoms with van der Waals surface area (Å²) < 4.78 is 10.8. The van der Waals surface area contributed by atoms with Crippen LogP contribution < -0.4 is 14.8 Å². The lowest BCUT2D eigenvalue weighted by molar-refractivity contribution is 0.206. The summed E-state index contributed by atoms with van der Waals surface area (Å²) in [4.78, 5) is 19.4. The molecule has 1 unspecified atom stereocenters. The van der Waals surface area contributed by atoms with Crippen molar-refractivity contribution in [1.29, 1.82) is 0 Å².